The fraction of sp³-hybridized carbons (Fsp3) is 0.222. The van der Waals surface area contributed by atoms with Gasteiger partial charge in [-0.25, -0.2) is 0 Å². The molecule has 0 aliphatic heterocycles. The van der Waals surface area contributed by atoms with Crippen molar-refractivity contribution >= 4 is 16.9 Å². The molecule has 0 atom stereocenters. The third-order valence-electron chi connectivity index (χ3n) is 5.43. The highest BCUT2D eigenvalue weighted by Crippen LogP contribution is 2.34. The topological polar surface area (TPSA) is 51.3 Å². The molecule has 0 aliphatic rings. The summed E-state index contributed by atoms with van der Waals surface area (Å²) in [4.78, 5) is 14.8. The molecule has 0 radical (unpaired) electrons. The van der Waals surface area contributed by atoms with E-state index in [0.29, 0.717) is 19.4 Å². The third kappa shape index (κ3) is 4.97. The Kier molecular flexibility index (Phi) is 6.08. The molecular weight excluding hydrogens is 386 g/mol. The van der Waals surface area contributed by atoms with Gasteiger partial charge in [0, 0.05) is 23.7 Å². The Morgan fingerprint density at radius 2 is 1.71 bits per heavy atom. The van der Waals surface area contributed by atoms with Crippen molar-refractivity contribution in [1.82, 2.24) is 4.98 Å². The molecule has 0 spiro atoms. The van der Waals surface area contributed by atoms with Gasteiger partial charge in [0.25, 0.3) is 0 Å². The quantitative estimate of drug-likeness (QED) is 0.371. The van der Waals surface area contributed by atoms with Crippen LogP contribution in [0.5, 0.6) is 5.75 Å². The summed E-state index contributed by atoms with van der Waals surface area (Å²) in [6, 6.07) is 21.0. The number of aromatic amines is 1. The van der Waals surface area contributed by atoms with Gasteiger partial charge in [-0.2, -0.15) is 0 Å². The van der Waals surface area contributed by atoms with E-state index in [2.05, 4.69) is 67.4 Å². The van der Waals surface area contributed by atoms with E-state index >= 15 is 0 Å². The number of esters is 1. The van der Waals surface area contributed by atoms with Crippen molar-refractivity contribution in [2.45, 2.75) is 33.3 Å². The van der Waals surface area contributed by atoms with Crippen LogP contribution in [-0.2, 0) is 22.6 Å². The van der Waals surface area contributed by atoms with E-state index in [4.69, 9.17) is 9.47 Å². The smallest absolute Gasteiger partial charge is 0.305 e. The first-order valence-electron chi connectivity index (χ1n) is 10.5. The first-order chi connectivity index (χ1) is 15.0. The van der Waals surface area contributed by atoms with Gasteiger partial charge in [-0.1, -0.05) is 41.5 Å². The molecule has 4 rings (SSSR count). The monoisotopic (exact) mass is 413 g/mol. The van der Waals surface area contributed by atoms with Crippen LogP contribution >= 0.6 is 0 Å². The number of aromatic nitrogens is 1. The Bertz CT molecular complexity index is 1200. The molecule has 4 aromatic rings. The Labute approximate surface area is 182 Å². The second kappa shape index (κ2) is 9.09. The summed E-state index contributed by atoms with van der Waals surface area (Å²) in [7, 11) is 1.42. The molecule has 0 aliphatic carbocycles. The van der Waals surface area contributed by atoms with Gasteiger partial charge in [-0.05, 0) is 72.7 Å². The molecule has 1 N–H and O–H groups in total. The summed E-state index contributed by atoms with van der Waals surface area (Å²) >= 11 is 0. The fourth-order valence-electron chi connectivity index (χ4n) is 3.97. The van der Waals surface area contributed by atoms with Gasteiger partial charge in [0.1, 0.15) is 12.4 Å². The van der Waals surface area contributed by atoms with Crippen LogP contribution in [-0.4, -0.2) is 18.1 Å². The Morgan fingerprint density at radius 1 is 0.903 bits per heavy atom. The van der Waals surface area contributed by atoms with Gasteiger partial charge >= 0.3 is 5.97 Å². The second-order valence-electron chi connectivity index (χ2n) is 7.97. The lowest BCUT2D eigenvalue weighted by Crippen LogP contribution is -2.03. The van der Waals surface area contributed by atoms with Crippen molar-refractivity contribution in [2.75, 3.05) is 7.11 Å². The molecule has 3 aromatic carbocycles. The average molecular weight is 414 g/mol. The summed E-state index contributed by atoms with van der Waals surface area (Å²) in [6.07, 6.45) is 2.93. The average Bonchev–Trinajstić information content (AvgIpc) is 3.23. The van der Waals surface area contributed by atoms with Crippen molar-refractivity contribution in [3.8, 4) is 16.9 Å². The minimum Gasteiger partial charge on any atom is -0.488 e. The molecule has 0 bridgehead atoms. The lowest BCUT2D eigenvalue weighted by Gasteiger charge is -2.15. The van der Waals surface area contributed by atoms with Gasteiger partial charge in [-0.15, -0.1) is 0 Å². The number of hydrogen-bond acceptors (Lipinski definition) is 3. The zero-order valence-corrected chi connectivity index (χ0v) is 18.2. The SMILES string of the molecule is COC(=O)CCc1ccc(OCc2cc(C)cc(C)c2)c(-c2ccc3[nH]ccc3c2)c1. The number of hydrogen-bond donors (Lipinski definition) is 1. The van der Waals surface area contributed by atoms with Crippen molar-refractivity contribution in [2.24, 2.45) is 0 Å². The van der Waals surface area contributed by atoms with Gasteiger partial charge in [0.05, 0.1) is 7.11 Å². The maximum Gasteiger partial charge on any atom is 0.305 e. The van der Waals surface area contributed by atoms with Gasteiger partial charge in [0.15, 0.2) is 0 Å². The predicted octanol–water partition coefficient (Wildman–Crippen LogP) is 6.14. The highest BCUT2D eigenvalue weighted by atomic mass is 16.5. The fourth-order valence-corrected chi connectivity index (χ4v) is 3.97. The van der Waals surface area contributed by atoms with Crippen LogP contribution in [0, 0.1) is 13.8 Å². The summed E-state index contributed by atoms with van der Waals surface area (Å²) in [6.45, 7) is 4.71. The highest BCUT2D eigenvalue weighted by Gasteiger charge is 2.11. The van der Waals surface area contributed by atoms with E-state index in [9.17, 15) is 4.79 Å². The Balaban J connectivity index is 1.66. The van der Waals surface area contributed by atoms with Crippen molar-refractivity contribution in [1.29, 1.82) is 0 Å². The van der Waals surface area contributed by atoms with Gasteiger partial charge < -0.3 is 14.5 Å². The molecule has 0 saturated heterocycles. The number of ether oxygens (including phenoxy) is 2. The van der Waals surface area contributed by atoms with Crippen LogP contribution in [0.1, 0.15) is 28.7 Å². The van der Waals surface area contributed by atoms with Crippen LogP contribution in [0.2, 0.25) is 0 Å². The van der Waals surface area contributed by atoms with E-state index in [-0.39, 0.29) is 5.97 Å². The van der Waals surface area contributed by atoms with Crippen LogP contribution in [0.25, 0.3) is 22.0 Å². The number of methoxy groups -OCH3 is 1. The van der Waals surface area contributed by atoms with Gasteiger partial charge in [-0.3, -0.25) is 4.79 Å². The molecular formula is C27H27NO3. The molecule has 4 nitrogen and oxygen atoms in total. The highest BCUT2D eigenvalue weighted by molar-refractivity contribution is 5.86. The maximum atomic E-state index is 11.6. The molecule has 0 fully saturated rings. The predicted molar refractivity (Wildman–Crippen MR) is 124 cm³/mol. The van der Waals surface area contributed by atoms with Crippen LogP contribution in [0.15, 0.2) is 66.9 Å². The number of carbonyl (C=O) groups is 1. The van der Waals surface area contributed by atoms with Crippen LogP contribution in [0.3, 0.4) is 0 Å². The number of H-pyrrole nitrogens is 1. The molecule has 31 heavy (non-hydrogen) atoms. The van der Waals surface area contributed by atoms with Crippen LogP contribution < -0.4 is 4.74 Å². The summed E-state index contributed by atoms with van der Waals surface area (Å²) < 4.78 is 11.1. The van der Waals surface area contributed by atoms with E-state index < -0.39 is 0 Å². The third-order valence-corrected chi connectivity index (χ3v) is 5.43. The van der Waals surface area contributed by atoms with Gasteiger partial charge in [0.2, 0.25) is 0 Å². The first-order valence-corrected chi connectivity index (χ1v) is 10.5. The molecule has 0 unspecified atom stereocenters. The molecule has 158 valence electrons. The normalized spacial score (nSPS) is 10.9. The van der Waals surface area contributed by atoms with E-state index in [1.807, 2.05) is 18.3 Å². The lowest BCUT2D eigenvalue weighted by molar-refractivity contribution is -0.140. The van der Waals surface area contributed by atoms with Crippen LogP contribution in [0.4, 0.5) is 0 Å². The number of fused-ring (bicyclic) bond motifs is 1. The van der Waals surface area contributed by atoms with E-state index in [0.717, 1.165) is 38.9 Å². The van der Waals surface area contributed by atoms with Crippen molar-refractivity contribution in [3.05, 3.63) is 89.1 Å². The number of benzene rings is 3. The standard InChI is InChI=1S/C27H27NO3/c1-18-12-19(2)14-21(13-18)17-31-26-8-4-20(5-9-27(29)30-3)15-24(26)22-6-7-25-23(16-22)10-11-28-25/h4,6-8,10-16,28H,5,9,17H2,1-3H3. The van der Waals surface area contributed by atoms with E-state index in [1.54, 1.807) is 0 Å². The summed E-state index contributed by atoms with van der Waals surface area (Å²) in [5.74, 6) is 0.626. The van der Waals surface area contributed by atoms with Crippen molar-refractivity contribution in [3.63, 3.8) is 0 Å². The zero-order chi connectivity index (χ0) is 21.8. The largest absolute Gasteiger partial charge is 0.488 e. The minimum absolute atomic E-state index is 0.203. The van der Waals surface area contributed by atoms with E-state index in [1.165, 1.54) is 18.2 Å². The number of nitrogens with one attached hydrogen (secondary N) is 1. The zero-order valence-electron chi connectivity index (χ0n) is 18.2. The lowest BCUT2D eigenvalue weighted by atomic mass is 9.98. The Hall–Kier alpha value is -3.53. The molecule has 1 aromatic heterocycles. The Morgan fingerprint density at radius 3 is 2.48 bits per heavy atom. The summed E-state index contributed by atoms with van der Waals surface area (Å²) in [5.41, 5.74) is 7.90. The molecule has 4 heteroatoms. The first kappa shape index (κ1) is 20.7. The molecule has 0 amide bonds. The second-order valence-corrected chi connectivity index (χ2v) is 7.97. The number of carbonyl (C=O) groups excluding carboxylic acids is 1. The number of aryl methyl sites for hydroxylation is 3. The molecule has 0 saturated carbocycles. The molecule has 1 heterocycles. The minimum atomic E-state index is -0.203. The van der Waals surface area contributed by atoms with Crippen molar-refractivity contribution < 1.29 is 14.3 Å². The maximum absolute atomic E-state index is 11.6. The number of rotatable bonds is 7. The summed E-state index contributed by atoms with van der Waals surface area (Å²) in [5, 5.41) is 1.15.